The second-order valence-electron chi connectivity index (χ2n) is 5.89. The summed E-state index contributed by atoms with van der Waals surface area (Å²) in [5.41, 5.74) is 0.312. The zero-order valence-electron chi connectivity index (χ0n) is 12.3. The second-order valence-corrected chi connectivity index (χ2v) is 5.89. The van der Waals surface area contributed by atoms with E-state index in [1.165, 1.54) is 0 Å². The maximum Gasteiger partial charge on any atom is 0.309 e. The molecule has 1 aromatic carbocycles. The molecule has 2 saturated heterocycles. The van der Waals surface area contributed by atoms with Crippen LogP contribution in [0.15, 0.2) is 30.3 Å². The maximum absolute atomic E-state index is 12.2. The third-order valence-corrected chi connectivity index (χ3v) is 4.66. The Bertz CT molecular complexity index is 520. The molecule has 5 heteroatoms. The van der Waals surface area contributed by atoms with Crippen molar-refractivity contribution in [3.63, 3.8) is 0 Å². The summed E-state index contributed by atoms with van der Waals surface area (Å²) in [5.74, 6) is -0.192. The van der Waals surface area contributed by atoms with E-state index >= 15 is 0 Å². The highest BCUT2D eigenvalue weighted by atomic mass is 16.6. The molecule has 2 aliphatic rings. The molecule has 0 aromatic heterocycles. The van der Waals surface area contributed by atoms with Crippen LogP contribution in [0.1, 0.15) is 25.8 Å². The topological polar surface area (TPSA) is 44.8 Å². The smallest absolute Gasteiger partial charge is 0.309 e. The average Bonchev–Trinajstić information content (AvgIpc) is 2.84. The Labute approximate surface area is 126 Å². The molecule has 5 atom stereocenters. The van der Waals surface area contributed by atoms with Crippen LogP contribution in [0.25, 0.3) is 0 Å². The second kappa shape index (κ2) is 5.46. The number of fused-ring (bicyclic) bond motifs is 2. The van der Waals surface area contributed by atoms with Gasteiger partial charge in [0.05, 0.1) is 18.6 Å². The van der Waals surface area contributed by atoms with Crippen molar-refractivity contribution in [2.24, 2.45) is 5.92 Å². The number of hydrogen-bond donors (Lipinski definition) is 0. The van der Waals surface area contributed by atoms with Crippen molar-refractivity contribution in [2.45, 2.75) is 50.7 Å². The lowest BCUT2D eigenvalue weighted by molar-refractivity contribution is -0.175. The van der Waals surface area contributed by atoms with E-state index in [0.29, 0.717) is 0 Å². The van der Waals surface area contributed by atoms with Crippen LogP contribution in [0.2, 0.25) is 0 Å². The summed E-state index contributed by atoms with van der Waals surface area (Å²) in [6.45, 7) is 4.22. The van der Waals surface area contributed by atoms with Gasteiger partial charge in [-0.1, -0.05) is 37.3 Å². The van der Waals surface area contributed by atoms with Gasteiger partial charge < -0.3 is 14.2 Å². The van der Waals surface area contributed by atoms with Crippen molar-refractivity contribution in [1.82, 2.24) is 0 Å². The molecule has 2 heterocycles. The number of carbonyl (C=O) groups is 1. The van der Waals surface area contributed by atoms with E-state index in [0.717, 1.165) is 5.56 Å². The molecule has 2 aliphatic heterocycles. The van der Waals surface area contributed by atoms with Gasteiger partial charge in [0, 0.05) is 11.9 Å². The molecule has 2 radical (unpaired) electrons. The summed E-state index contributed by atoms with van der Waals surface area (Å²) in [7, 11) is 5.90. The van der Waals surface area contributed by atoms with E-state index in [1.807, 2.05) is 44.2 Å². The van der Waals surface area contributed by atoms with Crippen LogP contribution >= 0.6 is 0 Å². The molecule has 3 rings (SSSR count). The summed E-state index contributed by atoms with van der Waals surface area (Å²) in [6, 6.07) is 9.15. The summed E-state index contributed by atoms with van der Waals surface area (Å²) >= 11 is 0. The van der Waals surface area contributed by atoms with Crippen molar-refractivity contribution in [1.29, 1.82) is 0 Å². The van der Waals surface area contributed by atoms with Crippen molar-refractivity contribution < 1.29 is 19.0 Å². The fraction of sp³-hybridized carbons (Fsp3) is 0.562. The Balaban J connectivity index is 1.62. The Hall–Kier alpha value is -1.33. The molecule has 2 bridgehead atoms. The van der Waals surface area contributed by atoms with Crippen molar-refractivity contribution in [2.75, 3.05) is 0 Å². The molecule has 0 aliphatic carbocycles. The Morgan fingerprint density at radius 3 is 2.67 bits per heavy atom. The highest BCUT2D eigenvalue weighted by Gasteiger charge is 2.62. The molecular weight excluding hydrogens is 267 g/mol. The first kappa shape index (κ1) is 14.6. The van der Waals surface area contributed by atoms with E-state index in [9.17, 15) is 4.79 Å². The number of hydrogen-bond acceptors (Lipinski definition) is 4. The van der Waals surface area contributed by atoms with Gasteiger partial charge in [0.15, 0.2) is 0 Å². The average molecular weight is 286 g/mol. The first-order valence-corrected chi connectivity index (χ1v) is 7.31. The highest BCUT2D eigenvalue weighted by Crippen LogP contribution is 2.49. The quantitative estimate of drug-likeness (QED) is 0.625. The molecule has 1 unspecified atom stereocenters. The van der Waals surface area contributed by atoms with Gasteiger partial charge in [-0.3, -0.25) is 4.79 Å². The fourth-order valence-corrected chi connectivity index (χ4v) is 3.36. The summed E-state index contributed by atoms with van der Waals surface area (Å²) in [5, 5.41) is 0. The van der Waals surface area contributed by atoms with Gasteiger partial charge in [0.1, 0.15) is 20.1 Å². The van der Waals surface area contributed by atoms with Crippen molar-refractivity contribution in [3.05, 3.63) is 35.9 Å². The van der Waals surface area contributed by atoms with E-state index < -0.39 is 11.6 Å². The molecule has 21 heavy (non-hydrogen) atoms. The summed E-state index contributed by atoms with van der Waals surface area (Å²) < 4.78 is 17.0. The molecule has 0 spiro atoms. The molecule has 2 fully saturated rings. The predicted molar refractivity (Wildman–Crippen MR) is 77.7 cm³/mol. The van der Waals surface area contributed by atoms with Gasteiger partial charge in [-0.05, 0) is 12.5 Å². The van der Waals surface area contributed by atoms with Gasteiger partial charge in [-0.2, -0.15) is 0 Å². The van der Waals surface area contributed by atoms with Gasteiger partial charge in [-0.25, -0.2) is 0 Å². The molecule has 0 amide bonds. The lowest BCUT2D eigenvalue weighted by Gasteiger charge is -2.35. The third kappa shape index (κ3) is 2.49. The van der Waals surface area contributed by atoms with E-state index in [4.69, 9.17) is 22.1 Å². The first-order valence-electron chi connectivity index (χ1n) is 7.31. The van der Waals surface area contributed by atoms with Crippen LogP contribution in [0, 0.1) is 5.92 Å². The third-order valence-electron chi connectivity index (χ3n) is 4.66. The van der Waals surface area contributed by atoms with Crippen molar-refractivity contribution in [3.8, 4) is 0 Å². The van der Waals surface area contributed by atoms with E-state index in [1.54, 1.807) is 0 Å². The maximum atomic E-state index is 12.2. The van der Waals surface area contributed by atoms with Crippen LogP contribution in [-0.2, 0) is 25.6 Å². The molecule has 0 saturated carbocycles. The van der Waals surface area contributed by atoms with Gasteiger partial charge in [0.2, 0.25) is 0 Å². The number of ether oxygens (including phenoxy) is 3. The number of esters is 1. The lowest BCUT2D eigenvalue weighted by atomic mass is 9.82. The van der Waals surface area contributed by atoms with E-state index in [-0.39, 0.29) is 37.1 Å². The molecular formula is C16H19BO4. The summed E-state index contributed by atoms with van der Waals surface area (Å²) in [4.78, 5) is 12.2. The Morgan fingerprint density at radius 2 is 2.05 bits per heavy atom. The van der Waals surface area contributed by atoms with Gasteiger partial charge in [-0.15, -0.1) is 0 Å². The SMILES string of the molecule is [B][C@@H]1O[C@]2(CC(=O)OCc3ccccc3)C(C)[C@@H]1O[C@@H]2C. The van der Waals surface area contributed by atoms with Crippen molar-refractivity contribution >= 4 is 13.8 Å². The molecule has 4 nitrogen and oxygen atoms in total. The molecule has 0 N–H and O–H groups in total. The van der Waals surface area contributed by atoms with Crippen LogP contribution in [-0.4, -0.2) is 37.6 Å². The van der Waals surface area contributed by atoms with Crippen LogP contribution < -0.4 is 0 Å². The van der Waals surface area contributed by atoms with Gasteiger partial charge in [0.25, 0.3) is 0 Å². The van der Waals surface area contributed by atoms with Crippen LogP contribution in [0.5, 0.6) is 0 Å². The largest absolute Gasteiger partial charge is 0.461 e. The fourth-order valence-electron chi connectivity index (χ4n) is 3.36. The number of carbonyl (C=O) groups excluding carboxylic acids is 1. The number of rotatable bonds is 4. The Kier molecular flexibility index (Phi) is 3.80. The standard InChI is InChI=1S/C16H19BO4/c1-10-14-15(17)21-16(10,11(2)20-14)8-13(18)19-9-12-6-4-3-5-7-12/h3-7,10-11,14-15H,8-9H2,1-2H3/t10?,11-,14+,15-,16-/m1/s1. The minimum atomic E-state index is -0.655. The van der Waals surface area contributed by atoms with Crippen LogP contribution in [0.4, 0.5) is 0 Å². The lowest BCUT2D eigenvalue weighted by Crippen LogP contribution is -2.46. The molecule has 110 valence electrons. The molecule has 1 aromatic rings. The van der Waals surface area contributed by atoms with Crippen LogP contribution in [0.3, 0.4) is 0 Å². The Morgan fingerprint density at radius 1 is 1.33 bits per heavy atom. The van der Waals surface area contributed by atoms with E-state index in [2.05, 4.69) is 0 Å². The first-order chi connectivity index (χ1) is 10.0. The van der Waals surface area contributed by atoms with Gasteiger partial charge >= 0.3 is 5.97 Å². The predicted octanol–water partition coefficient (Wildman–Crippen LogP) is 1.81. The minimum Gasteiger partial charge on any atom is -0.461 e. The minimum absolute atomic E-state index is 0.0896. The summed E-state index contributed by atoms with van der Waals surface area (Å²) in [6.07, 6.45) is -0.115. The zero-order valence-corrected chi connectivity index (χ0v) is 12.3. The normalized spacial score (nSPS) is 37.6. The zero-order chi connectivity index (χ0) is 15.0. The monoisotopic (exact) mass is 286 g/mol. The number of benzene rings is 1. The highest BCUT2D eigenvalue weighted by molar-refractivity contribution is 6.11.